The molecule has 1 aromatic rings. The maximum absolute atomic E-state index is 9.49. The fraction of sp³-hybridized carbons (Fsp3) is 0.538. The minimum atomic E-state index is -0.398. The monoisotopic (exact) mass is 257 g/mol. The van der Waals surface area contributed by atoms with E-state index in [1.54, 1.807) is 7.11 Å². The number of aliphatic hydroxyl groups is 1. The van der Waals surface area contributed by atoms with E-state index < -0.39 is 6.10 Å². The van der Waals surface area contributed by atoms with E-state index in [0.29, 0.717) is 13.0 Å². The van der Waals surface area contributed by atoms with Gasteiger partial charge in [0.15, 0.2) is 0 Å². The second kappa shape index (κ2) is 7.67. The van der Waals surface area contributed by atoms with Gasteiger partial charge < -0.3 is 15.2 Å². The largest absolute Gasteiger partial charge is 0.391 e. The molecule has 0 aliphatic heterocycles. The summed E-state index contributed by atoms with van der Waals surface area (Å²) in [6.07, 6.45) is 0.288. The highest BCUT2D eigenvalue weighted by molar-refractivity contribution is 6.30. The van der Waals surface area contributed by atoms with Crippen molar-refractivity contribution in [2.45, 2.75) is 25.5 Å². The quantitative estimate of drug-likeness (QED) is 0.788. The molecule has 0 aromatic heterocycles. The van der Waals surface area contributed by atoms with E-state index >= 15 is 0 Å². The highest BCUT2D eigenvalue weighted by Crippen LogP contribution is 2.15. The number of aliphatic hydroxyl groups excluding tert-OH is 1. The van der Waals surface area contributed by atoms with Crippen LogP contribution in [0, 0.1) is 0 Å². The molecule has 0 radical (unpaired) electrons. The maximum atomic E-state index is 9.49. The van der Waals surface area contributed by atoms with Crippen molar-refractivity contribution in [2.24, 2.45) is 0 Å². The van der Waals surface area contributed by atoms with E-state index in [1.165, 1.54) is 5.56 Å². The lowest BCUT2D eigenvalue weighted by Gasteiger charge is -2.16. The Hall–Kier alpha value is -0.610. The Morgan fingerprint density at radius 2 is 2.00 bits per heavy atom. The number of hydrogen-bond acceptors (Lipinski definition) is 3. The summed E-state index contributed by atoms with van der Waals surface area (Å²) >= 11 is 5.83. The van der Waals surface area contributed by atoms with Crippen LogP contribution < -0.4 is 5.32 Å². The summed E-state index contributed by atoms with van der Waals surface area (Å²) in [5, 5.41) is 13.6. The Labute approximate surface area is 108 Å². The first-order chi connectivity index (χ1) is 8.13. The van der Waals surface area contributed by atoms with Crippen molar-refractivity contribution < 1.29 is 9.84 Å². The van der Waals surface area contributed by atoms with E-state index in [9.17, 15) is 5.11 Å². The van der Waals surface area contributed by atoms with Crippen LogP contribution in [-0.4, -0.2) is 31.5 Å². The van der Waals surface area contributed by atoms with Crippen molar-refractivity contribution in [3.05, 3.63) is 34.9 Å². The van der Waals surface area contributed by atoms with Crippen LogP contribution >= 0.6 is 11.6 Å². The first kappa shape index (κ1) is 14.5. The van der Waals surface area contributed by atoms with E-state index in [-0.39, 0.29) is 6.04 Å². The van der Waals surface area contributed by atoms with Crippen molar-refractivity contribution in [1.29, 1.82) is 0 Å². The molecule has 0 saturated heterocycles. The summed E-state index contributed by atoms with van der Waals surface area (Å²) in [7, 11) is 1.59. The standard InChI is InChI=1S/C13H20ClNO2/c1-10(11-3-5-12(14)6-4-11)15-8-7-13(16)9-17-2/h3-6,10,13,15-16H,7-9H2,1-2H3. The molecule has 0 spiro atoms. The van der Waals surface area contributed by atoms with Gasteiger partial charge in [-0.3, -0.25) is 0 Å². The molecule has 2 N–H and O–H groups in total. The molecule has 0 amide bonds. The van der Waals surface area contributed by atoms with Crippen LogP contribution in [-0.2, 0) is 4.74 Å². The van der Waals surface area contributed by atoms with Crippen LogP contribution in [0.25, 0.3) is 0 Å². The summed E-state index contributed by atoms with van der Waals surface area (Å²) in [4.78, 5) is 0. The van der Waals surface area contributed by atoms with Gasteiger partial charge in [-0.25, -0.2) is 0 Å². The van der Waals surface area contributed by atoms with Crippen LogP contribution in [0.2, 0.25) is 5.02 Å². The van der Waals surface area contributed by atoms with Gasteiger partial charge in [-0.2, -0.15) is 0 Å². The number of ether oxygens (including phenoxy) is 1. The molecule has 0 aliphatic carbocycles. The maximum Gasteiger partial charge on any atom is 0.0785 e. The zero-order chi connectivity index (χ0) is 12.7. The van der Waals surface area contributed by atoms with Crippen LogP contribution in [0.4, 0.5) is 0 Å². The van der Waals surface area contributed by atoms with E-state index in [1.807, 2.05) is 24.3 Å². The average Bonchev–Trinajstić information content (AvgIpc) is 2.30. The van der Waals surface area contributed by atoms with Crippen molar-refractivity contribution in [3.63, 3.8) is 0 Å². The van der Waals surface area contributed by atoms with Gasteiger partial charge in [-0.15, -0.1) is 0 Å². The lowest BCUT2D eigenvalue weighted by molar-refractivity contribution is 0.0590. The molecular formula is C13H20ClNO2. The SMILES string of the molecule is COCC(O)CCNC(C)c1ccc(Cl)cc1. The molecule has 0 heterocycles. The van der Waals surface area contributed by atoms with Gasteiger partial charge >= 0.3 is 0 Å². The van der Waals surface area contributed by atoms with Gasteiger partial charge in [-0.1, -0.05) is 23.7 Å². The molecule has 96 valence electrons. The minimum absolute atomic E-state index is 0.252. The second-order valence-corrected chi connectivity index (χ2v) is 4.56. The Morgan fingerprint density at radius 3 is 2.59 bits per heavy atom. The zero-order valence-corrected chi connectivity index (χ0v) is 11.1. The van der Waals surface area contributed by atoms with Gasteiger partial charge in [-0.05, 0) is 37.6 Å². The number of nitrogens with one attached hydrogen (secondary N) is 1. The van der Waals surface area contributed by atoms with Crippen molar-refractivity contribution in [1.82, 2.24) is 5.32 Å². The fourth-order valence-corrected chi connectivity index (χ4v) is 1.74. The third-order valence-corrected chi connectivity index (χ3v) is 2.91. The van der Waals surface area contributed by atoms with Crippen molar-refractivity contribution in [3.8, 4) is 0 Å². The zero-order valence-electron chi connectivity index (χ0n) is 10.3. The number of benzene rings is 1. The fourth-order valence-electron chi connectivity index (χ4n) is 1.61. The summed E-state index contributed by atoms with van der Waals surface area (Å²) < 4.78 is 4.87. The molecule has 2 unspecified atom stereocenters. The summed E-state index contributed by atoms with van der Waals surface area (Å²) in [5.41, 5.74) is 1.19. The molecule has 2 atom stereocenters. The second-order valence-electron chi connectivity index (χ2n) is 4.13. The lowest BCUT2D eigenvalue weighted by Crippen LogP contribution is -2.25. The van der Waals surface area contributed by atoms with Gasteiger partial charge in [0, 0.05) is 18.2 Å². The Balaban J connectivity index is 2.29. The van der Waals surface area contributed by atoms with Crippen LogP contribution in [0.5, 0.6) is 0 Å². The summed E-state index contributed by atoms with van der Waals surface area (Å²) in [6.45, 7) is 3.23. The smallest absolute Gasteiger partial charge is 0.0785 e. The first-order valence-corrected chi connectivity index (χ1v) is 6.17. The Kier molecular flexibility index (Phi) is 6.52. The van der Waals surface area contributed by atoms with E-state index in [4.69, 9.17) is 16.3 Å². The normalized spacial score (nSPS) is 14.6. The molecule has 0 fully saturated rings. The van der Waals surface area contributed by atoms with Gasteiger partial charge in [0.05, 0.1) is 12.7 Å². The van der Waals surface area contributed by atoms with Gasteiger partial charge in [0.25, 0.3) is 0 Å². The molecule has 0 saturated carbocycles. The molecule has 4 heteroatoms. The topological polar surface area (TPSA) is 41.5 Å². The lowest BCUT2D eigenvalue weighted by atomic mass is 10.1. The Morgan fingerprint density at radius 1 is 1.35 bits per heavy atom. The third kappa shape index (κ3) is 5.50. The molecule has 0 aliphatic rings. The third-order valence-electron chi connectivity index (χ3n) is 2.66. The van der Waals surface area contributed by atoms with Gasteiger partial charge in [0.1, 0.15) is 0 Å². The highest BCUT2D eigenvalue weighted by atomic mass is 35.5. The molecule has 3 nitrogen and oxygen atoms in total. The van der Waals surface area contributed by atoms with Crippen molar-refractivity contribution in [2.75, 3.05) is 20.3 Å². The number of rotatable bonds is 7. The van der Waals surface area contributed by atoms with E-state index in [0.717, 1.165) is 11.6 Å². The molecule has 1 rings (SSSR count). The predicted octanol–water partition coefficient (Wildman–Crippen LogP) is 2.39. The molecular weight excluding hydrogens is 238 g/mol. The minimum Gasteiger partial charge on any atom is -0.391 e. The number of halogens is 1. The number of hydrogen-bond donors (Lipinski definition) is 2. The first-order valence-electron chi connectivity index (χ1n) is 5.79. The molecule has 0 bridgehead atoms. The number of methoxy groups -OCH3 is 1. The van der Waals surface area contributed by atoms with Gasteiger partial charge in [0.2, 0.25) is 0 Å². The van der Waals surface area contributed by atoms with Crippen LogP contribution in [0.15, 0.2) is 24.3 Å². The molecule has 1 aromatic carbocycles. The summed E-state index contributed by atoms with van der Waals surface area (Å²) in [5.74, 6) is 0. The van der Waals surface area contributed by atoms with Crippen molar-refractivity contribution >= 4 is 11.6 Å². The molecule has 17 heavy (non-hydrogen) atoms. The highest BCUT2D eigenvalue weighted by Gasteiger charge is 2.06. The average molecular weight is 258 g/mol. The van der Waals surface area contributed by atoms with Crippen LogP contribution in [0.1, 0.15) is 24.9 Å². The summed E-state index contributed by atoms with van der Waals surface area (Å²) in [6, 6.07) is 8.03. The Bertz CT molecular complexity index is 316. The van der Waals surface area contributed by atoms with E-state index in [2.05, 4.69) is 12.2 Å². The van der Waals surface area contributed by atoms with Crippen LogP contribution in [0.3, 0.4) is 0 Å². The predicted molar refractivity (Wildman–Crippen MR) is 70.4 cm³/mol.